The molecule has 0 unspecified atom stereocenters. The molecule has 130 heavy (non-hydrogen) atoms. The first-order chi connectivity index (χ1) is 61.4. The Morgan fingerprint density at radius 2 is 0.838 bits per heavy atom. The lowest BCUT2D eigenvalue weighted by Crippen LogP contribution is -2.63. The summed E-state index contributed by atoms with van der Waals surface area (Å²) in [6.45, 7) is 7.02. The third-order valence-electron chi connectivity index (χ3n) is 20.1. The highest BCUT2D eigenvalue weighted by atomic mass is 32.2. The molecule has 26 N–H and O–H groups in total. The summed E-state index contributed by atoms with van der Waals surface area (Å²) in [5, 5.41) is 127. The summed E-state index contributed by atoms with van der Waals surface area (Å²) in [7, 11) is 0. The highest BCUT2D eigenvalue weighted by molar-refractivity contribution is 8.14. The van der Waals surface area contributed by atoms with Gasteiger partial charge in [0.15, 0.2) is 0 Å². The van der Waals surface area contributed by atoms with Crippen molar-refractivity contribution in [3.8, 4) is 11.5 Å². The number of aliphatic carboxylic acids is 3. The predicted molar refractivity (Wildman–Crippen MR) is 460 cm³/mol. The number of hydrogen-bond acceptors (Lipinski definition) is 28. The zero-order valence-electron chi connectivity index (χ0n) is 72.8. The second-order valence-electron chi connectivity index (χ2n) is 31.4. The first-order valence-electron chi connectivity index (χ1n) is 41.8. The molecule has 46 nitrogen and oxygen atoms in total. The molecule has 1 fully saturated rings. The molecule has 16 atom stereocenters. The fourth-order valence-corrected chi connectivity index (χ4v) is 13.6. The SMILES string of the molecule is CC[C@H](C)[C@H](NC(=O)[C@H](CO)NC(=O)[C@H](Cc1ccc(O)cc1)NC(=O)[C@H](CC(=O)O)NC(=O)[C@H](CO)NC(=O)[C@@H](NC(=O)[C@H](Cc1ccccc1)NC(=O)[C@@H](NC(=O)CNC(=O)[C@H](CCC(=O)O)NC(=O)CC(=O)NCCCN1C(=O)CSC1=O)[C@@H](C)O)[C@@H](C)O)C(=O)N[C@@H](Cc1ccc(O)cc1)C(=O)N[C@@H](CC(C)C)C(=O)N[C@@H](CC(=O)O)C(=O)N[C@H](C)CCCCN. The number of rotatable bonds is 58. The summed E-state index contributed by atoms with van der Waals surface area (Å²) in [6, 6.07) is -4.56. The number of aromatic hydroxyl groups is 2. The maximum absolute atomic E-state index is 14.7. The van der Waals surface area contributed by atoms with Crippen molar-refractivity contribution < 1.29 is 142 Å². The summed E-state index contributed by atoms with van der Waals surface area (Å²) < 4.78 is 0. The third-order valence-corrected chi connectivity index (χ3v) is 21.0. The van der Waals surface area contributed by atoms with E-state index in [0.29, 0.717) is 36.9 Å². The molecule has 716 valence electrons. The van der Waals surface area contributed by atoms with E-state index < -0.39 is 279 Å². The smallest absolute Gasteiger partial charge is 0.305 e. The zero-order valence-corrected chi connectivity index (χ0v) is 73.6. The number of benzene rings is 3. The van der Waals surface area contributed by atoms with E-state index in [-0.39, 0.29) is 67.5 Å². The Hall–Kier alpha value is -13.0. The van der Waals surface area contributed by atoms with Gasteiger partial charge in [0, 0.05) is 44.8 Å². The number of thioether (sulfide) groups is 1. The maximum Gasteiger partial charge on any atom is 0.305 e. The van der Waals surface area contributed by atoms with Crippen LogP contribution in [0.3, 0.4) is 0 Å². The van der Waals surface area contributed by atoms with Crippen LogP contribution in [0.5, 0.6) is 11.5 Å². The van der Waals surface area contributed by atoms with E-state index in [0.717, 1.165) is 30.5 Å². The number of carbonyl (C=O) groups excluding carboxylic acids is 17. The number of nitrogens with one attached hydrogen (secondary N) is 15. The number of hydrogen-bond donors (Lipinski definition) is 25. The van der Waals surface area contributed by atoms with Crippen LogP contribution in [0.4, 0.5) is 4.79 Å². The molecule has 1 aliphatic heterocycles. The lowest BCUT2D eigenvalue weighted by Gasteiger charge is -2.30. The van der Waals surface area contributed by atoms with Crippen molar-refractivity contribution in [1.82, 2.24) is 84.7 Å². The van der Waals surface area contributed by atoms with Gasteiger partial charge in [-0.3, -0.25) is 101 Å². The van der Waals surface area contributed by atoms with Crippen molar-refractivity contribution in [2.45, 2.75) is 229 Å². The Labute approximate surface area is 751 Å². The Morgan fingerprint density at radius 3 is 1.30 bits per heavy atom. The highest BCUT2D eigenvalue weighted by Crippen LogP contribution is 2.21. The van der Waals surface area contributed by atoms with E-state index in [9.17, 15) is 142 Å². The van der Waals surface area contributed by atoms with Crippen molar-refractivity contribution >= 4 is 129 Å². The van der Waals surface area contributed by atoms with Crippen LogP contribution < -0.4 is 85.5 Å². The van der Waals surface area contributed by atoms with Crippen LogP contribution in [-0.2, 0) is 110 Å². The van der Waals surface area contributed by atoms with Gasteiger partial charge in [-0.05, 0) is 112 Å². The van der Waals surface area contributed by atoms with Gasteiger partial charge in [-0.2, -0.15) is 0 Å². The lowest BCUT2D eigenvalue weighted by atomic mass is 9.96. The molecule has 1 heterocycles. The van der Waals surface area contributed by atoms with E-state index in [1.807, 2.05) is 0 Å². The fraction of sp³-hybridized carbons (Fsp3) is 0.542. The first kappa shape index (κ1) is 109. The average molecular weight is 1850 g/mol. The van der Waals surface area contributed by atoms with Crippen LogP contribution in [0, 0.1) is 11.8 Å². The number of phenolic OH excluding ortho intramolecular Hbond substituents is 2. The van der Waals surface area contributed by atoms with Gasteiger partial charge in [-0.1, -0.05) is 107 Å². The predicted octanol–water partition coefficient (Wildman–Crippen LogP) is -6.06. The standard InChI is InChI=1S/C83H119N17O29S/c1-8-43(4)68(80(126)93-55(34-49-20-24-51(106)25-21-49)74(120)89-53(31-42(2)3)73(119)91-57(35-66(113)114)72(118)87-44(5)15-12-13-28-84)98-79(125)60(40-102)95-75(121)54(33-48-18-22-50(105)23-19-48)90-76(122)58(36-67(115)116)92-78(124)59(39-101)96-82(128)70(46(7)104)99-77(123)56(32-47-16-10-9-11-17-47)94-81(127)69(45(6)103)97-63(109)38-86-71(117)52(26-27-65(111)112)88-62(108)37-61(107)85-29-14-30-100-64(110)41-130-83(100)129/h9-11,16-25,42-46,52-60,68-70,101-106H,8,12-15,26-41,84H2,1-7H3,(H,85,107)(H,86,117)(H,87,118)(H,88,108)(H,89,120)(H,90,122)(H,91,119)(H,92,124)(H,93,126)(H,94,127)(H,95,121)(H,96,128)(H,97,109)(H,98,125)(H,99,123)(H,111,112)(H,113,114)(H,115,116)/t43-,44+,45+,46+,52-,53-,54-,55-,56-,57-,58-,59-,60-,68-,69-,70-/m0/s1. The molecule has 0 bridgehead atoms. The Bertz CT molecular complexity index is 4400. The van der Waals surface area contributed by atoms with Gasteiger partial charge in [-0.25, -0.2) is 0 Å². The first-order valence-corrected chi connectivity index (χ1v) is 42.8. The van der Waals surface area contributed by atoms with E-state index in [1.54, 1.807) is 33.8 Å². The molecular formula is C83H119N17O29S. The number of carbonyl (C=O) groups is 20. The second kappa shape index (κ2) is 55.7. The summed E-state index contributed by atoms with van der Waals surface area (Å²) in [4.78, 5) is 270. The number of phenols is 2. The molecule has 3 aromatic rings. The molecule has 0 radical (unpaired) electrons. The largest absolute Gasteiger partial charge is 0.508 e. The molecule has 0 aromatic heterocycles. The van der Waals surface area contributed by atoms with Gasteiger partial charge in [0.1, 0.15) is 90.4 Å². The van der Waals surface area contributed by atoms with Crippen molar-refractivity contribution in [2.75, 3.05) is 45.1 Å². The molecule has 3 aromatic carbocycles. The summed E-state index contributed by atoms with van der Waals surface area (Å²) in [5.74, 6) is -24.2. The van der Waals surface area contributed by atoms with Crippen LogP contribution in [0.25, 0.3) is 0 Å². The normalized spacial score (nSPS) is 15.5. The van der Waals surface area contributed by atoms with Gasteiger partial charge >= 0.3 is 17.9 Å². The zero-order chi connectivity index (χ0) is 97.2. The van der Waals surface area contributed by atoms with Crippen LogP contribution >= 0.6 is 11.8 Å². The number of aliphatic hydroxyl groups is 4. The molecule has 0 saturated carbocycles. The number of nitrogens with two attached hydrogens (primary N) is 1. The van der Waals surface area contributed by atoms with E-state index in [2.05, 4.69) is 79.8 Å². The molecule has 47 heteroatoms. The minimum atomic E-state index is -2.23. The number of unbranched alkanes of at least 4 members (excludes halogenated alkanes) is 1. The van der Waals surface area contributed by atoms with Crippen LogP contribution in [0.15, 0.2) is 78.9 Å². The van der Waals surface area contributed by atoms with Crippen molar-refractivity contribution in [1.29, 1.82) is 0 Å². The summed E-state index contributed by atoms with van der Waals surface area (Å²) >= 11 is 0.816. The number of imide groups is 1. The van der Waals surface area contributed by atoms with Gasteiger partial charge in [0.25, 0.3) is 5.24 Å². The highest BCUT2D eigenvalue weighted by Gasteiger charge is 2.41. The van der Waals surface area contributed by atoms with Crippen LogP contribution in [0.2, 0.25) is 0 Å². The quantitative estimate of drug-likeness (QED) is 0.0185. The van der Waals surface area contributed by atoms with Gasteiger partial charge < -0.3 is 131 Å². The van der Waals surface area contributed by atoms with E-state index in [4.69, 9.17) is 5.73 Å². The molecule has 0 spiro atoms. The van der Waals surface area contributed by atoms with Crippen molar-refractivity contribution in [2.24, 2.45) is 17.6 Å². The summed E-state index contributed by atoms with van der Waals surface area (Å²) in [6.07, 6.45) is -7.31. The maximum atomic E-state index is 14.7. The van der Waals surface area contributed by atoms with Gasteiger partial charge in [0.05, 0.1) is 50.6 Å². The monoisotopic (exact) mass is 1850 g/mol. The number of carboxylic acids is 3. The third kappa shape index (κ3) is 38.9. The molecule has 1 aliphatic rings. The molecular weight excluding hydrogens is 1730 g/mol. The van der Waals surface area contributed by atoms with Gasteiger partial charge in [0.2, 0.25) is 94.5 Å². The number of amides is 17. The minimum Gasteiger partial charge on any atom is -0.508 e. The van der Waals surface area contributed by atoms with Crippen molar-refractivity contribution in [3.05, 3.63) is 95.6 Å². The van der Waals surface area contributed by atoms with Crippen LogP contribution in [0.1, 0.15) is 136 Å². The molecule has 17 amide bonds. The summed E-state index contributed by atoms with van der Waals surface area (Å²) in [5.41, 5.74) is 6.47. The van der Waals surface area contributed by atoms with E-state index in [1.165, 1.54) is 79.7 Å². The molecule has 4 rings (SSSR count). The van der Waals surface area contributed by atoms with E-state index >= 15 is 0 Å². The Balaban J connectivity index is 1.53. The lowest BCUT2D eigenvalue weighted by molar-refractivity contribution is -0.142. The second-order valence-corrected chi connectivity index (χ2v) is 32.4. The number of nitrogens with zero attached hydrogens (tertiary/aromatic N) is 1. The molecule has 0 aliphatic carbocycles. The average Bonchev–Trinajstić information content (AvgIpc) is 1.08. The topological polar surface area (TPSA) is 733 Å². The van der Waals surface area contributed by atoms with Crippen LogP contribution in [-0.4, -0.2) is 304 Å². The van der Waals surface area contributed by atoms with Gasteiger partial charge in [-0.15, -0.1) is 0 Å². The Kier molecular flexibility index (Phi) is 46.8. The molecule has 1 saturated heterocycles. The number of carboxylic acid groups (broad SMARTS) is 3. The number of aliphatic hydroxyl groups excluding tert-OH is 4. The van der Waals surface area contributed by atoms with Crippen molar-refractivity contribution in [3.63, 3.8) is 0 Å². The Morgan fingerprint density at radius 1 is 0.423 bits per heavy atom. The minimum absolute atomic E-state index is 0.00809. The fourth-order valence-electron chi connectivity index (χ4n) is 12.8.